The fourth-order valence-electron chi connectivity index (χ4n) is 3.52. The number of nitrogens with zero attached hydrogens (tertiary/aromatic N) is 1. The van der Waals surface area contributed by atoms with Gasteiger partial charge in [0.2, 0.25) is 0 Å². The molecular weight excluding hydrogens is 400 g/mol. The first-order valence-corrected chi connectivity index (χ1v) is 10.7. The highest BCUT2D eigenvalue weighted by Gasteiger charge is 2.21. The molecule has 0 bridgehead atoms. The number of urea groups is 1. The van der Waals surface area contributed by atoms with Gasteiger partial charge in [-0.25, -0.2) is 13.6 Å². The van der Waals surface area contributed by atoms with Crippen molar-refractivity contribution >= 4 is 6.03 Å². The molecule has 0 aliphatic carbocycles. The average molecular weight is 432 g/mol. The summed E-state index contributed by atoms with van der Waals surface area (Å²) < 4.78 is 33.4. The van der Waals surface area contributed by atoms with Gasteiger partial charge in [-0.05, 0) is 70.5 Å². The Hall–Kier alpha value is -2.67. The molecule has 2 N–H and O–H groups in total. The number of carbonyl (C=O) groups excluding carboxylic acids is 1. The second-order valence-corrected chi connectivity index (χ2v) is 8.92. The van der Waals surface area contributed by atoms with Crippen LogP contribution in [-0.4, -0.2) is 35.7 Å². The van der Waals surface area contributed by atoms with E-state index in [1.807, 2.05) is 45.0 Å². The molecule has 5 nitrogen and oxygen atoms in total. The van der Waals surface area contributed by atoms with E-state index in [0.717, 1.165) is 43.3 Å². The Morgan fingerprint density at radius 3 is 2.39 bits per heavy atom. The Bertz CT molecular complexity index is 875. The zero-order chi connectivity index (χ0) is 22.4. The molecule has 1 fully saturated rings. The molecule has 7 heteroatoms. The second kappa shape index (κ2) is 10.1. The molecule has 1 aliphatic heterocycles. The van der Waals surface area contributed by atoms with E-state index in [1.165, 1.54) is 12.1 Å². The van der Waals surface area contributed by atoms with Crippen LogP contribution in [0.4, 0.5) is 13.6 Å². The molecule has 0 saturated carbocycles. The normalized spacial score (nSPS) is 14.9. The van der Waals surface area contributed by atoms with Gasteiger partial charge in [-0.2, -0.15) is 0 Å². The second-order valence-electron chi connectivity index (χ2n) is 8.92. The van der Waals surface area contributed by atoms with Gasteiger partial charge in [-0.15, -0.1) is 0 Å². The highest BCUT2D eigenvalue weighted by atomic mass is 19.1. The summed E-state index contributed by atoms with van der Waals surface area (Å²) in [6, 6.07) is 10.8. The van der Waals surface area contributed by atoms with Crippen LogP contribution in [0.5, 0.6) is 5.75 Å². The summed E-state index contributed by atoms with van der Waals surface area (Å²) in [7, 11) is 0. The SMILES string of the molecule is CC(C)(C)Oc1ccc(CN(Cc2ccc(F)cc2F)C(=O)NC2CCNCC2)cc1. The third-order valence-electron chi connectivity index (χ3n) is 5.05. The Labute approximate surface area is 182 Å². The number of hydrogen-bond donors (Lipinski definition) is 2. The summed E-state index contributed by atoms with van der Waals surface area (Å²) in [5.41, 5.74) is 0.862. The first-order chi connectivity index (χ1) is 14.7. The Balaban J connectivity index is 1.74. The van der Waals surface area contributed by atoms with Crippen molar-refractivity contribution in [1.82, 2.24) is 15.5 Å². The third-order valence-corrected chi connectivity index (χ3v) is 5.05. The molecule has 2 amide bonds. The highest BCUT2D eigenvalue weighted by Crippen LogP contribution is 2.20. The quantitative estimate of drug-likeness (QED) is 0.703. The van der Waals surface area contributed by atoms with Gasteiger partial charge in [0.25, 0.3) is 0 Å². The lowest BCUT2D eigenvalue weighted by atomic mass is 10.1. The van der Waals surface area contributed by atoms with E-state index >= 15 is 0 Å². The van der Waals surface area contributed by atoms with Crippen LogP contribution in [-0.2, 0) is 13.1 Å². The van der Waals surface area contributed by atoms with Gasteiger partial charge in [0.15, 0.2) is 0 Å². The Morgan fingerprint density at radius 1 is 1.10 bits per heavy atom. The van der Waals surface area contributed by atoms with Gasteiger partial charge >= 0.3 is 6.03 Å². The molecule has 31 heavy (non-hydrogen) atoms. The molecule has 0 unspecified atom stereocenters. The van der Waals surface area contributed by atoms with Gasteiger partial charge in [0.1, 0.15) is 23.0 Å². The maximum Gasteiger partial charge on any atom is 0.318 e. The smallest absolute Gasteiger partial charge is 0.318 e. The van der Waals surface area contributed by atoms with Crippen LogP contribution < -0.4 is 15.4 Å². The molecule has 0 atom stereocenters. The predicted octanol–water partition coefficient (Wildman–Crippen LogP) is 4.61. The Morgan fingerprint density at radius 2 is 1.77 bits per heavy atom. The first-order valence-electron chi connectivity index (χ1n) is 10.7. The lowest BCUT2D eigenvalue weighted by molar-refractivity contribution is 0.131. The summed E-state index contributed by atoms with van der Waals surface area (Å²) in [6.07, 6.45) is 1.70. The number of hydrogen-bond acceptors (Lipinski definition) is 3. The summed E-state index contributed by atoms with van der Waals surface area (Å²) in [5, 5.41) is 6.33. The molecule has 2 aromatic rings. The zero-order valence-corrected chi connectivity index (χ0v) is 18.4. The van der Waals surface area contributed by atoms with E-state index in [1.54, 1.807) is 4.90 Å². The van der Waals surface area contributed by atoms with Crippen molar-refractivity contribution in [2.75, 3.05) is 13.1 Å². The number of rotatable bonds is 6. The molecule has 3 rings (SSSR count). The first kappa shape index (κ1) is 23.0. The topological polar surface area (TPSA) is 53.6 Å². The van der Waals surface area contributed by atoms with Crippen LogP contribution >= 0.6 is 0 Å². The summed E-state index contributed by atoms with van der Waals surface area (Å²) in [6.45, 7) is 7.98. The number of carbonyl (C=O) groups is 1. The van der Waals surface area contributed by atoms with Gasteiger partial charge in [-0.1, -0.05) is 18.2 Å². The highest BCUT2D eigenvalue weighted by molar-refractivity contribution is 5.74. The van der Waals surface area contributed by atoms with E-state index in [0.29, 0.717) is 6.54 Å². The van der Waals surface area contributed by atoms with E-state index in [4.69, 9.17) is 4.74 Å². The maximum atomic E-state index is 14.3. The third kappa shape index (κ3) is 7.21. The number of nitrogens with one attached hydrogen (secondary N) is 2. The van der Waals surface area contributed by atoms with Gasteiger partial charge < -0.3 is 20.3 Å². The molecule has 0 aromatic heterocycles. The monoisotopic (exact) mass is 431 g/mol. The summed E-state index contributed by atoms with van der Waals surface area (Å²) >= 11 is 0. The molecule has 1 heterocycles. The van der Waals surface area contributed by atoms with Crippen molar-refractivity contribution in [3.63, 3.8) is 0 Å². The van der Waals surface area contributed by atoms with Crippen LogP contribution in [0.2, 0.25) is 0 Å². The molecule has 1 aliphatic rings. The van der Waals surface area contributed by atoms with Gasteiger partial charge in [0.05, 0.1) is 6.54 Å². The molecule has 168 valence electrons. The average Bonchev–Trinajstić information content (AvgIpc) is 2.70. The molecule has 2 aromatic carbocycles. The number of ether oxygens (including phenoxy) is 1. The number of amides is 2. The maximum absolute atomic E-state index is 14.3. The summed E-state index contributed by atoms with van der Waals surface area (Å²) in [4.78, 5) is 14.6. The van der Waals surface area contributed by atoms with E-state index in [2.05, 4.69) is 10.6 Å². The van der Waals surface area contributed by atoms with Crippen molar-refractivity contribution in [2.45, 2.75) is 58.3 Å². The van der Waals surface area contributed by atoms with Crippen molar-refractivity contribution in [2.24, 2.45) is 0 Å². The zero-order valence-electron chi connectivity index (χ0n) is 18.4. The van der Waals surface area contributed by atoms with Crippen LogP contribution in [0.3, 0.4) is 0 Å². The minimum atomic E-state index is -0.659. The van der Waals surface area contributed by atoms with Crippen molar-refractivity contribution in [3.05, 3.63) is 65.2 Å². The minimum absolute atomic E-state index is 0.0448. The van der Waals surface area contributed by atoms with Crippen molar-refractivity contribution < 1.29 is 18.3 Å². The van der Waals surface area contributed by atoms with Crippen LogP contribution in [0.1, 0.15) is 44.7 Å². The molecule has 0 spiro atoms. The molecule has 1 saturated heterocycles. The van der Waals surface area contributed by atoms with Gasteiger partial charge in [0, 0.05) is 24.2 Å². The van der Waals surface area contributed by atoms with Crippen molar-refractivity contribution in [1.29, 1.82) is 0 Å². The van der Waals surface area contributed by atoms with Crippen LogP contribution in [0.15, 0.2) is 42.5 Å². The van der Waals surface area contributed by atoms with Crippen LogP contribution in [0, 0.1) is 11.6 Å². The van der Waals surface area contributed by atoms with E-state index in [-0.39, 0.29) is 29.8 Å². The van der Waals surface area contributed by atoms with E-state index < -0.39 is 11.6 Å². The number of piperidine rings is 1. The van der Waals surface area contributed by atoms with Gasteiger partial charge in [-0.3, -0.25) is 0 Å². The minimum Gasteiger partial charge on any atom is -0.488 e. The lowest BCUT2D eigenvalue weighted by Crippen LogP contribution is -2.48. The fraction of sp³-hybridized carbons (Fsp3) is 0.458. The molecular formula is C24H31F2N3O2. The number of halogens is 2. The number of benzene rings is 2. The van der Waals surface area contributed by atoms with E-state index in [9.17, 15) is 13.6 Å². The predicted molar refractivity (Wildman–Crippen MR) is 117 cm³/mol. The lowest BCUT2D eigenvalue weighted by Gasteiger charge is -2.29. The Kier molecular flexibility index (Phi) is 7.49. The van der Waals surface area contributed by atoms with Crippen LogP contribution in [0.25, 0.3) is 0 Å². The summed E-state index contributed by atoms with van der Waals surface area (Å²) in [5.74, 6) is -0.554. The van der Waals surface area contributed by atoms with Crippen molar-refractivity contribution in [3.8, 4) is 5.75 Å². The largest absolute Gasteiger partial charge is 0.488 e. The standard InChI is InChI=1S/C24H31F2N3O2/c1-24(2,3)31-21-8-4-17(5-9-21)15-29(16-18-6-7-19(25)14-22(18)26)23(30)28-20-10-12-27-13-11-20/h4-9,14,20,27H,10-13,15-16H2,1-3H3,(H,28,30). The fourth-order valence-corrected chi connectivity index (χ4v) is 3.52. The molecule has 0 radical (unpaired) electrons.